The summed E-state index contributed by atoms with van der Waals surface area (Å²) < 4.78 is 0. The summed E-state index contributed by atoms with van der Waals surface area (Å²) in [5.41, 5.74) is 8.93. The molecule has 0 saturated carbocycles. The fraction of sp³-hybridized carbons (Fsp3) is 0.250. The number of imidazole rings is 1. The van der Waals surface area contributed by atoms with Crippen LogP contribution in [0.25, 0.3) is 10.9 Å². The van der Waals surface area contributed by atoms with Gasteiger partial charge in [-0.1, -0.05) is 48.5 Å². The van der Waals surface area contributed by atoms with Crippen LogP contribution in [0, 0.1) is 0 Å². The van der Waals surface area contributed by atoms with Crippen LogP contribution in [-0.4, -0.2) is 68.4 Å². The Morgan fingerprint density at radius 3 is 2.35 bits per heavy atom. The van der Waals surface area contributed by atoms with Gasteiger partial charge in [0.15, 0.2) is 0 Å². The predicted molar refractivity (Wildman–Crippen MR) is 147 cm³/mol. The first-order chi connectivity index (χ1) is 19.3. The van der Waals surface area contributed by atoms with Crippen LogP contribution in [0.5, 0.6) is 0 Å². The molecule has 2 aromatic carbocycles. The van der Waals surface area contributed by atoms with E-state index in [1.54, 1.807) is 36.7 Å². The molecule has 0 bridgehead atoms. The van der Waals surface area contributed by atoms with Gasteiger partial charge < -0.3 is 36.8 Å². The van der Waals surface area contributed by atoms with Gasteiger partial charge in [0.2, 0.25) is 17.7 Å². The number of fused-ring (bicyclic) bond motifs is 1. The lowest BCUT2D eigenvalue weighted by Crippen LogP contribution is -2.55. The van der Waals surface area contributed by atoms with Crippen LogP contribution < -0.4 is 21.7 Å². The summed E-state index contributed by atoms with van der Waals surface area (Å²) in [6.45, 7) is -0.411. The summed E-state index contributed by atoms with van der Waals surface area (Å²) in [5.74, 6) is -3.03. The van der Waals surface area contributed by atoms with Crippen LogP contribution in [0.1, 0.15) is 16.8 Å². The SMILES string of the molecule is NC(Cc1cnc[nH]1)C(=O)NCC(=O)NC(Cc1ccccc1)C(=O)NC(Cc1c[nH]c2ccccc12)C(=O)O. The van der Waals surface area contributed by atoms with E-state index in [9.17, 15) is 24.3 Å². The summed E-state index contributed by atoms with van der Waals surface area (Å²) in [6, 6.07) is 13.2. The van der Waals surface area contributed by atoms with Gasteiger partial charge in [-0.05, 0) is 17.2 Å². The number of aromatic amines is 2. The molecule has 0 aliphatic carbocycles. The molecule has 4 aromatic rings. The first-order valence-electron chi connectivity index (χ1n) is 12.7. The number of carbonyl (C=O) groups excluding carboxylic acids is 3. The van der Waals surface area contributed by atoms with Crippen LogP contribution in [0.3, 0.4) is 0 Å². The largest absolute Gasteiger partial charge is 0.480 e. The Morgan fingerprint density at radius 1 is 0.875 bits per heavy atom. The Labute approximate surface area is 229 Å². The minimum absolute atomic E-state index is 0.0430. The van der Waals surface area contributed by atoms with Crippen molar-refractivity contribution < 1.29 is 24.3 Å². The highest BCUT2D eigenvalue weighted by atomic mass is 16.4. The van der Waals surface area contributed by atoms with Crippen molar-refractivity contribution in [2.75, 3.05) is 6.54 Å². The number of rotatable bonds is 13. The van der Waals surface area contributed by atoms with Gasteiger partial charge in [-0.15, -0.1) is 0 Å². The fourth-order valence-corrected chi connectivity index (χ4v) is 4.32. The zero-order valence-electron chi connectivity index (χ0n) is 21.6. The summed E-state index contributed by atoms with van der Waals surface area (Å²) in [7, 11) is 0. The molecule has 3 atom stereocenters. The van der Waals surface area contributed by atoms with Gasteiger partial charge in [0.05, 0.1) is 18.9 Å². The predicted octanol–water partition coefficient (Wildman–Crippen LogP) is 0.417. The maximum absolute atomic E-state index is 13.3. The third-order valence-electron chi connectivity index (χ3n) is 6.40. The van der Waals surface area contributed by atoms with Gasteiger partial charge in [-0.3, -0.25) is 14.4 Å². The highest BCUT2D eigenvalue weighted by Crippen LogP contribution is 2.19. The molecule has 12 heteroatoms. The van der Waals surface area contributed by atoms with E-state index in [2.05, 4.69) is 30.9 Å². The smallest absolute Gasteiger partial charge is 0.326 e. The number of nitrogens with two attached hydrogens (primary N) is 1. The Kier molecular flexibility index (Phi) is 9.26. The second-order valence-corrected chi connectivity index (χ2v) is 9.38. The zero-order valence-corrected chi connectivity index (χ0v) is 21.6. The molecular formula is C28H31N7O5. The van der Waals surface area contributed by atoms with Crippen LogP contribution in [-0.2, 0) is 38.4 Å². The molecule has 208 valence electrons. The van der Waals surface area contributed by atoms with Crippen molar-refractivity contribution in [3.63, 3.8) is 0 Å². The first kappa shape index (κ1) is 28.0. The third-order valence-corrected chi connectivity index (χ3v) is 6.40. The molecule has 0 saturated heterocycles. The number of hydrogen-bond acceptors (Lipinski definition) is 6. The van der Waals surface area contributed by atoms with E-state index < -0.39 is 48.4 Å². The molecule has 2 aromatic heterocycles. The van der Waals surface area contributed by atoms with Crippen LogP contribution in [0.15, 0.2) is 73.3 Å². The number of amides is 3. The van der Waals surface area contributed by atoms with E-state index in [-0.39, 0.29) is 19.3 Å². The lowest BCUT2D eigenvalue weighted by atomic mass is 10.0. The van der Waals surface area contributed by atoms with Crippen molar-refractivity contribution in [2.24, 2.45) is 5.73 Å². The zero-order chi connectivity index (χ0) is 28.5. The molecular weight excluding hydrogens is 514 g/mol. The molecule has 3 unspecified atom stereocenters. The van der Waals surface area contributed by atoms with Crippen LogP contribution in [0.4, 0.5) is 0 Å². The average Bonchev–Trinajstić information content (AvgIpc) is 3.61. The number of nitrogens with zero attached hydrogens (tertiary/aromatic N) is 1. The molecule has 4 rings (SSSR count). The minimum atomic E-state index is -1.23. The number of para-hydroxylation sites is 1. The maximum Gasteiger partial charge on any atom is 0.326 e. The summed E-state index contributed by atoms with van der Waals surface area (Å²) in [5, 5.41) is 18.4. The van der Waals surface area contributed by atoms with Gasteiger partial charge in [-0.2, -0.15) is 0 Å². The third kappa shape index (κ3) is 7.54. The second-order valence-electron chi connectivity index (χ2n) is 9.38. The Hall–Kier alpha value is -4.97. The fourth-order valence-electron chi connectivity index (χ4n) is 4.32. The normalized spacial score (nSPS) is 13.2. The van der Waals surface area contributed by atoms with Crippen molar-refractivity contribution in [1.29, 1.82) is 0 Å². The molecule has 3 amide bonds. The van der Waals surface area contributed by atoms with E-state index in [0.717, 1.165) is 22.0 Å². The highest BCUT2D eigenvalue weighted by Gasteiger charge is 2.28. The van der Waals surface area contributed by atoms with E-state index in [1.165, 1.54) is 6.33 Å². The van der Waals surface area contributed by atoms with Crippen molar-refractivity contribution in [1.82, 2.24) is 30.9 Å². The number of carbonyl (C=O) groups is 4. The monoisotopic (exact) mass is 545 g/mol. The van der Waals surface area contributed by atoms with E-state index in [1.807, 2.05) is 30.3 Å². The van der Waals surface area contributed by atoms with Crippen molar-refractivity contribution in [2.45, 2.75) is 37.4 Å². The lowest BCUT2D eigenvalue weighted by Gasteiger charge is -2.22. The number of nitrogens with one attached hydrogen (secondary N) is 5. The number of carboxylic acids is 1. The molecule has 0 aliphatic heterocycles. The van der Waals surface area contributed by atoms with E-state index in [0.29, 0.717) is 5.69 Å². The maximum atomic E-state index is 13.3. The summed E-state index contributed by atoms with van der Waals surface area (Å²) in [6.07, 6.45) is 5.11. The standard InChI is InChI=1S/C28H31N7O5/c29-21(12-19-14-30-16-33-19)26(37)32-15-25(36)34-23(10-17-6-2-1-3-7-17)27(38)35-24(28(39)40)11-18-13-31-22-9-5-4-8-20(18)22/h1-9,13-14,16,21,23-24,31H,10-12,15,29H2,(H,30,33)(H,32,37)(H,34,36)(H,35,38)(H,39,40). The van der Waals surface area contributed by atoms with Gasteiger partial charge in [-0.25, -0.2) is 9.78 Å². The lowest BCUT2D eigenvalue weighted by molar-refractivity contribution is -0.142. The van der Waals surface area contributed by atoms with Gasteiger partial charge >= 0.3 is 5.97 Å². The Balaban J connectivity index is 1.40. The molecule has 12 nitrogen and oxygen atoms in total. The van der Waals surface area contributed by atoms with E-state index >= 15 is 0 Å². The first-order valence-corrected chi connectivity index (χ1v) is 12.7. The number of H-pyrrole nitrogens is 2. The van der Waals surface area contributed by atoms with E-state index in [4.69, 9.17) is 5.73 Å². The molecule has 40 heavy (non-hydrogen) atoms. The molecule has 0 radical (unpaired) electrons. The topological polar surface area (TPSA) is 195 Å². The molecule has 0 spiro atoms. The highest BCUT2D eigenvalue weighted by molar-refractivity contribution is 5.93. The summed E-state index contributed by atoms with van der Waals surface area (Å²) >= 11 is 0. The van der Waals surface area contributed by atoms with Crippen molar-refractivity contribution in [3.05, 3.63) is 90.1 Å². The second kappa shape index (κ2) is 13.2. The number of aromatic nitrogens is 3. The van der Waals surface area contributed by atoms with Crippen molar-refractivity contribution in [3.8, 4) is 0 Å². The molecule has 0 aliphatic rings. The molecule has 8 N–H and O–H groups in total. The van der Waals surface area contributed by atoms with Crippen LogP contribution in [0.2, 0.25) is 0 Å². The minimum Gasteiger partial charge on any atom is -0.480 e. The Morgan fingerprint density at radius 2 is 1.62 bits per heavy atom. The number of carboxylic acid groups (broad SMARTS) is 1. The van der Waals surface area contributed by atoms with Crippen LogP contribution >= 0.6 is 0 Å². The molecule has 0 fully saturated rings. The van der Waals surface area contributed by atoms with Gasteiger partial charge in [0.1, 0.15) is 12.1 Å². The number of aliphatic carboxylic acids is 1. The van der Waals surface area contributed by atoms with Crippen molar-refractivity contribution >= 4 is 34.6 Å². The van der Waals surface area contributed by atoms with Gasteiger partial charge in [0.25, 0.3) is 0 Å². The quantitative estimate of drug-likeness (QED) is 0.126. The summed E-state index contributed by atoms with van der Waals surface area (Å²) in [4.78, 5) is 60.3. The van der Waals surface area contributed by atoms with Gasteiger partial charge in [0, 0.05) is 48.3 Å². The number of hydrogen-bond donors (Lipinski definition) is 7. The molecule has 2 heterocycles. The Bertz CT molecular complexity index is 1450. The average molecular weight is 546 g/mol. The number of benzene rings is 2.